The van der Waals surface area contributed by atoms with E-state index in [9.17, 15) is 8.42 Å². The van der Waals surface area contributed by atoms with E-state index >= 15 is 0 Å². The van der Waals surface area contributed by atoms with E-state index in [2.05, 4.69) is 64.3 Å². The summed E-state index contributed by atoms with van der Waals surface area (Å²) in [6.07, 6.45) is 6.23. The summed E-state index contributed by atoms with van der Waals surface area (Å²) < 4.78 is 26.9. The van der Waals surface area contributed by atoms with Gasteiger partial charge in [0.2, 0.25) is 0 Å². The van der Waals surface area contributed by atoms with Gasteiger partial charge in [-0.1, -0.05) is 66.9 Å². The normalized spacial score (nSPS) is 16.6. The molecular formula is C26H38ClNO2S. The van der Waals surface area contributed by atoms with Crippen LogP contribution in [-0.4, -0.2) is 13.0 Å². The Kier molecular flexibility index (Phi) is 6.76. The van der Waals surface area contributed by atoms with Crippen LogP contribution in [0.3, 0.4) is 0 Å². The topological polar surface area (TPSA) is 39.1 Å². The van der Waals surface area contributed by atoms with Crippen LogP contribution in [0.25, 0.3) is 11.3 Å². The van der Waals surface area contributed by atoms with Crippen molar-refractivity contribution in [2.24, 2.45) is 5.92 Å². The molecular weight excluding hydrogens is 426 g/mol. The summed E-state index contributed by atoms with van der Waals surface area (Å²) in [6, 6.07) is 8.54. The van der Waals surface area contributed by atoms with Gasteiger partial charge < -0.3 is 4.57 Å². The lowest BCUT2D eigenvalue weighted by Gasteiger charge is -2.27. The highest BCUT2D eigenvalue weighted by Crippen LogP contribution is 2.38. The molecule has 0 amide bonds. The van der Waals surface area contributed by atoms with E-state index in [1.54, 1.807) is 6.07 Å². The number of nitrogens with zero attached hydrogens (tertiary/aromatic N) is 1. The first-order chi connectivity index (χ1) is 14.2. The van der Waals surface area contributed by atoms with Crippen LogP contribution in [0.2, 0.25) is 0 Å². The lowest BCUT2D eigenvalue weighted by atomic mass is 9.79. The molecule has 1 aliphatic carbocycles. The Morgan fingerprint density at radius 1 is 0.903 bits per heavy atom. The van der Waals surface area contributed by atoms with Crippen molar-refractivity contribution < 1.29 is 8.42 Å². The van der Waals surface area contributed by atoms with E-state index in [1.807, 2.05) is 6.92 Å². The van der Waals surface area contributed by atoms with Crippen LogP contribution < -0.4 is 0 Å². The molecule has 1 aromatic heterocycles. The molecule has 1 aromatic carbocycles. The van der Waals surface area contributed by atoms with Crippen molar-refractivity contribution in [1.82, 2.24) is 4.57 Å². The molecule has 2 aromatic rings. The van der Waals surface area contributed by atoms with Crippen molar-refractivity contribution in [3.63, 3.8) is 0 Å². The Morgan fingerprint density at radius 3 is 1.87 bits per heavy atom. The quantitative estimate of drug-likeness (QED) is 0.438. The molecule has 1 heterocycles. The van der Waals surface area contributed by atoms with Crippen LogP contribution in [0.5, 0.6) is 0 Å². The van der Waals surface area contributed by atoms with Crippen molar-refractivity contribution in [3.8, 4) is 11.3 Å². The predicted octanol–water partition coefficient (Wildman–Crippen LogP) is 7.57. The molecule has 0 aliphatic heterocycles. The lowest BCUT2D eigenvalue weighted by Crippen LogP contribution is -2.18. The highest BCUT2D eigenvalue weighted by molar-refractivity contribution is 8.13. The zero-order valence-electron chi connectivity index (χ0n) is 20.2. The van der Waals surface area contributed by atoms with Gasteiger partial charge in [-0.2, -0.15) is 0 Å². The van der Waals surface area contributed by atoms with Crippen molar-refractivity contribution in [2.45, 2.75) is 103 Å². The van der Waals surface area contributed by atoms with E-state index in [0.29, 0.717) is 5.92 Å². The van der Waals surface area contributed by atoms with Gasteiger partial charge in [0.05, 0.1) is 0 Å². The van der Waals surface area contributed by atoms with Gasteiger partial charge in [-0.15, -0.1) is 0 Å². The molecule has 0 bridgehead atoms. The molecule has 1 saturated carbocycles. The molecule has 0 atom stereocenters. The zero-order valence-corrected chi connectivity index (χ0v) is 21.8. The second kappa shape index (κ2) is 8.59. The maximum atomic E-state index is 12.3. The average Bonchev–Trinajstić information content (AvgIpc) is 2.97. The molecule has 0 radical (unpaired) electrons. The van der Waals surface area contributed by atoms with Gasteiger partial charge in [-0.25, -0.2) is 8.42 Å². The van der Waals surface area contributed by atoms with E-state index < -0.39 is 9.05 Å². The number of aromatic nitrogens is 1. The molecule has 0 unspecified atom stereocenters. The smallest absolute Gasteiger partial charge is 0.263 e. The second-order valence-electron chi connectivity index (χ2n) is 11.3. The third kappa shape index (κ3) is 5.57. The van der Waals surface area contributed by atoms with E-state index in [0.717, 1.165) is 23.5 Å². The zero-order chi connectivity index (χ0) is 23.2. The fraction of sp³-hybridized carbons (Fsp3) is 0.615. The number of hydrogen-bond donors (Lipinski definition) is 0. The molecule has 3 rings (SSSR count). The molecule has 0 N–H and O–H groups in total. The Bertz CT molecular complexity index is 1010. The van der Waals surface area contributed by atoms with Gasteiger partial charge in [-0.3, -0.25) is 0 Å². The van der Waals surface area contributed by atoms with Crippen LogP contribution in [0.4, 0.5) is 0 Å². The average molecular weight is 464 g/mol. The predicted molar refractivity (Wildman–Crippen MR) is 132 cm³/mol. The fourth-order valence-electron chi connectivity index (χ4n) is 4.61. The highest BCUT2D eigenvalue weighted by Gasteiger charge is 2.26. The first kappa shape index (κ1) is 24.4. The summed E-state index contributed by atoms with van der Waals surface area (Å²) in [5, 5.41) is 0. The molecule has 172 valence electrons. The first-order valence-corrected chi connectivity index (χ1v) is 13.8. The van der Waals surface area contributed by atoms with Crippen molar-refractivity contribution in [3.05, 3.63) is 41.1 Å². The summed E-state index contributed by atoms with van der Waals surface area (Å²) in [5.74, 6) is 0.581. The third-order valence-corrected chi connectivity index (χ3v) is 8.15. The minimum Gasteiger partial charge on any atom is -0.343 e. The van der Waals surface area contributed by atoms with Gasteiger partial charge in [0, 0.05) is 28.6 Å². The molecule has 1 aliphatic rings. The van der Waals surface area contributed by atoms with Crippen LogP contribution in [0, 0.1) is 12.8 Å². The van der Waals surface area contributed by atoms with Gasteiger partial charge >= 0.3 is 0 Å². The van der Waals surface area contributed by atoms with E-state index in [-0.39, 0.29) is 15.7 Å². The van der Waals surface area contributed by atoms with Crippen molar-refractivity contribution in [1.29, 1.82) is 0 Å². The molecule has 5 heteroatoms. The van der Waals surface area contributed by atoms with Crippen LogP contribution in [0.1, 0.15) is 90.5 Å². The largest absolute Gasteiger partial charge is 0.343 e. The Morgan fingerprint density at radius 2 is 1.42 bits per heavy atom. The second-order valence-corrected chi connectivity index (χ2v) is 13.9. The monoisotopic (exact) mass is 463 g/mol. The van der Waals surface area contributed by atoms with Crippen molar-refractivity contribution in [2.75, 3.05) is 0 Å². The van der Waals surface area contributed by atoms with E-state index in [4.69, 9.17) is 10.7 Å². The standard InChI is InChI=1S/C26H38ClNO2S/c1-18-24(31(27,29)30)16-23(28(18)17-19-11-9-8-10-12-19)20-13-21(25(2,3)4)15-22(14-20)26(5,6)7/h13-16,19H,8-12,17H2,1-7H3. The molecule has 0 saturated heterocycles. The Labute approximate surface area is 193 Å². The van der Waals surface area contributed by atoms with E-state index in [1.165, 1.54) is 43.2 Å². The summed E-state index contributed by atoms with van der Waals surface area (Å²) in [5.41, 5.74) is 5.28. The summed E-state index contributed by atoms with van der Waals surface area (Å²) in [6.45, 7) is 16.1. The summed E-state index contributed by atoms with van der Waals surface area (Å²) in [4.78, 5) is 0.235. The number of hydrogen-bond acceptors (Lipinski definition) is 2. The Balaban J connectivity index is 2.23. The van der Waals surface area contributed by atoms with Gasteiger partial charge in [0.1, 0.15) is 4.90 Å². The van der Waals surface area contributed by atoms with Crippen LogP contribution in [-0.2, 0) is 26.4 Å². The number of benzene rings is 1. The molecule has 31 heavy (non-hydrogen) atoms. The molecule has 1 fully saturated rings. The van der Waals surface area contributed by atoms with Crippen LogP contribution in [0.15, 0.2) is 29.2 Å². The Hall–Kier alpha value is -1.26. The lowest BCUT2D eigenvalue weighted by molar-refractivity contribution is 0.318. The number of halogens is 1. The fourth-order valence-corrected chi connectivity index (χ4v) is 5.79. The van der Waals surface area contributed by atoms with Gasteiger partial charge in [-0.05, 0) is 71.4 Å². The highest BCUT2D eigenvalue weighted by atomic mass is 35.7. The maximum Gasteiger partial charge on any atom is 0.263 e. The maximum absolute atomic E-state index is 12.3. The SMILES string of the molecule is Cc1c(S(=O)(=O)Cl)cc(-c2cc(C(C)(C)C)cc(C(C)(C)C)c2)n1CC1CCCCC1. The first-order valence-electron chi connectivity index (χ1n) is 11.5. The summed E-state index contributed by atoms with van der Waals surface area (Å²) in [7, 11) is 2.04. The minimum absolute atomic E-state index is 0.00671. The van der Waals surface area contributed by atoms with Gasteiger partial charge in [0.25, 0.3) is 9.05 Å². The van der Waals surface area contributed by atoms with Crippen LogP contribution >= 0.6 is 10.7 Å². The van der Waals surface area contributed by atoms with Gasteiger partial charge in [0.15, 0.2) is 0 Å². The number of rotatable bonds is 4. The molecule has 3 nitrogen and oxygen atoms in total. The minimum atomic E-state index is -3.81. The van der Waals surface area contributed by atoms with Crippen molar-refractivity contribution >= 4 is 19.7 Å². The molecule has 0 spiro atoms. The summed E-state index contributed by atoms with van der Waals surface area (Å²) >= 11 is 0. The third-order valence-electron chi connectivity index (χ3n) is 6.71.